The first-order chi connectivity index (χ1) is 12.8. The molecule has 0 aliphatic heterocycles. The van der Waals surface area contributed by atoms with Crippen LogP contribution < -0.4 is 5.32 Å². The SMILES string of the molecule is O=C(CC(Sc1cccs1)Sc1cccs1)Nc1ccc2c(c1)CCC2. The molecule has 1 aliphatic carbocycles. The fourth-order valence-electron chi connectivity index (χ4n) is 3.04. The Morgan fingerprint density at radius 1 is 1.00 bits per heavy atom. The average molecular weight is 418 g/mol. The van der Waals surface area contributed by atoms with Crippen LogP contribution >= 0.6 is 46.2 Å². The highest BCUT2D eigenvalue weighted by Crippen LogP contribution is 2.41. The van der Waals surface area contributed by atoms with E-state index >= 15 is 0 Å². The van der Waals surface area contributed by atoms with Gasteiger partial charge >= 0.3 is 0 Å². The van der Waals surface area contributed by atoms with Gasteiger partial charge in [0, 0.05) is 12.1 Å². The molecule has 2 aromatic heterocycles. The van der Waals surface area contributed by atoms with Crippen molar-refractivity contribution in [3.05, 3.63) is 64.4 Å². The van der Waals surface area contributed by atoms with E-state index in [1.165, 1.54) is 32.4 Å². The van der Waals surface area contributed by atoms with Crippen LogP contribution in [0, 0.1) is 0 Å². The first-order valence-electron chi connectivity index (χ1n) is 8.58. The summed E-state index contributed by atoms with van der Waals surface area (Å²) >= 11 is 7.02. The number of amides is 1. The van der Waals surface area contributed by atoms with E-state index in [2.05, 4.69) is 52.5 Å². The highest BCUT2D eigenvalue weighted by Gasteiger charge is 2.19. The van der Waals surface area contributed by atoms with E-state index in [4.69, 9.17) is 0 Å². The summed E-state index contributed by atoms with van der Waals surface area (Å²) in [5, 5.41) is 7.27. The van der Waals surface area contributed by atoms with Crippen LogP contribution in [0.3, 0.4) is 0 Å². The number of thiophene rings is 2. The van der Waals surface area contributed by atoms with Gasteiger partial charge in [-0.15, -0.1) is 46.2 Å². The molecule has 2 heterocycles. The predicted octanol–water partition coefficient (Wildman–Crippen LogP) is 6.54. The zero-order valence-electron chi connectivity index (χ0n) is 14.1. The van der Waals surface area contributed by atoms with Crippen LogP contribution in [0.5, 0.6) is 0 Å². The number of aryl methyl sites for hydroxylation is 2. The van der Waals surface area contributed by atoms with Crippen molar-refractivity contribution in [3.63, 3.8) is 0 Å². The number of nitrogens with one attached hydrogen (secondary N) is 1. The van der Waals surface area contributed by atoms with Gasteiger partial charge in [-0.1, -0.05) is 18.2 Å². The largest absolute Gasteiger partial charge is 0.326 e. The molecule has 0 radical (unpaired) electrons. The lowest BCUT2D eigenvalue weighted by atomic mass is 10.1. The lowest BCUT2D eigenvalue weighted by Gasteiger charge is -2.15. The van der Waals surface area contributed by atoms with E-state index in [0.717, 1.165) is 12.1 Å². The fraction of sp³-hybridized carbons (Fsp3) is 0.250. The number of carbonyl (C=O) groups excluding carboxylic acids is 1. The minimum atomic E-state index is 0.0843. The molecule has 4 rings (SSSR count). The Hall–Kier alpha value is -1.21. The van der Waals surface area contributed by atoms with Crippen molar-refractivity contribution >= 4 is 57.8 Å². The number of hydrogen-bond acceptors (Lipinski definition) is 5. The van der Waals surface area contributed by atoms with Gasteiger partial charge in [0.05, 0.1) is 13.0 Å². The van der Waals surface area contributed by atoms with E-state index in [9.17, 15) is 4.79 Å². The quantitative estimate of drug-likeness (QED) is 0.350. The molecule has 134 valence electrons. The Labute approximate surface area is 170 Å². The van der Waals surface area contributed by atoms with Crippen LogP contribution in [-0.2, 0) is 17.6 Å². The van der Waals surface area contributed by atoms with E-state index in [0.29, 0.717) is 6.42 Å². The lowest BCUT2D eigenvalue weighted by Crippen LogP contribution is -2.16. The van der Waals surface area contributed by atoms with Crippen molar-refractivity contribution in [2.45, 2.75) is 38.7 Å². The van der Waals surface area contributed by atoms with Gasteiger partial charge in [-0.05, 0) is 65.4 Å². The Morgan fingerprint density at radius 2 is 1.69 bits per heavy atom. The standard InChI is InChI=1S/C20H19NOS4/c22-17(21-16-9-8-14-4-1-5-15(14)12-16)13-20(25-18-6-2-10-23-18)26-19-7-3-11-24-19/h2-3,6-12,20H,1,4-5,13H2,(H,21,22). The van der Waals surface area contributed by atoms with Crippen LogP contribution in [0.2, 0.25) is 0 Å². The molecular formula is C20H19NOS4. The number of fused-ring (bicyclic) bond motifs is 1. The molecule has 0 bridgehead atoms. The smallest absolute Gasteiger partial charge is 0.226 e. The summed E-state index contributed by atoms with van der Waals surface area (Å²) in [5.74, 6) is 0.0843. The second kappa shape index (κ2) is 8.65. The van der Waals surface area contributed by atoms with E-state index in [1.54, 1.807) is 46.2 Å². The summed E-state index contributed by atoms with van der Waals surface area (Å²) in [6, 6.07) is 14.7. The first kappa shape index (κ1) is 18.2. The minimum Gasteiger partial charge on any atom is -0.326 e. The Morgan fingerprint density at radius 3 is 2.35 bits per heavy atom. The molecule has 0 fully saturated rings. The summed E-state index contributed by atoms with van der Waals surface area (Å²) < 4.78 is 2.68. The molecule has 1 aromatic carbocycles. The van der Waals surface area contributed by atoms with Gasteiger partial charge in [0.15, 0.2) is 0 Å². The number of carbonyl (C=O) groups is 1. The Kier molecular flexibility index (Phi) is 6.05. The lowest BCUT2D eigenvalue weighted by molar-refractivity contribution is -0.115. The molecule has 0 saturated carbocycles. The van der Waals surface area contributed by atoms with Crippen LogP contribution in [0.25, 0.3) is 0 Å². The minimum absolute atomic E-state index is 0.0843. The van der Waals surface area contributed by atoms with E-state index in [-0.39, 0.29) is 10.5 Å². The summed E-state index contributed by atoms with van der Waals surface area (Å²) in [5.41, 5.74) is 3.75. The monoisotopic (exact) mass is 417 g/mol. The highest BCUT2D eigenvalue weighted by atomic mass is 32.2. The normalized spacial score (nSPS) is 13.1. The third-order valence-corrected chi connectivity index (χ3v) is 8.87. The molecule has 6 heteroatoms. The molecular weight excluding hydrogens is 398 g/mol. The van der Waals surface area contributed by atoms with Crippen LogP contribution in [-0.4, -0.2) is 10.5 Å². The molecule has 0 spiro atoms. The van der Waals surface area contributed by atoms with Gasteiger partial charge in [-0.2, -0.15) is 0 Å². The molecule has 0 saturated heterocycles. The van der Waals surface area contributed by atoms with Gasteiger partial charge in [0.1, 0.15) is 0 Å². The van der Waals surface area contributed by atoms with Gasteiger partial charge in [0.2, 0.25) is 5.91 Å². The number of thioether (sulfide) groups is 2. The maximum absolute atomic E-state index is 12.6. The third-order valence-electron chi connectivity index (χ3n) is 4.22. The summed E-state index contributed by atoms with van der Waals surface area (Å²) in [4.78, 5) is 12.6. The van der Waals surface area contributed by atoms with Gasteiger partial charge in [-0.3, -0.25) is 4.79 Å². The summed E-state index contributed by atoms with van der Waals surface area (Å²) in [6.45, 7) is 0. The van der Waals surface area contributed by atoms with Gasteiger partial charge < -0.3 is 5.32 Å². The van der Waals surface area contributed by atoms with Crippen molar-refractivity contribution in [3.8, 4) is 0 Å². The zero-order valence-corrected chi connectivity index (χ0v) is 17.4. The predicted molar refractivity (Wildman–Crippen MR) is 116 cm³/mol. The Balaban J connectivity index is 1.41. The van der Waals surface area contributed by atoms with Crippen molar-refractivity contribution in [2.75, 3.05) is 5.32 Å². The van der Waals surface area contributed by atoms with E-state index in [1.807, 2.05) is 6.07 Å². The van der Waals surface area contributed by atoms with Crippen molar-refractivity contribution < 1.29 is 4.79 Å². The highest BCUT2D eigenvalue weighted by molar-refractivity contribution is 8.18. The van der Waals surface area contributed by atoms with Gasteiger partial charge in [-0.25, -0.2) is 0 Å². The number of hydrogen-bond donors (Lipinski definition) is 1. The van der Waals surface area contributed by atoms with Crippen LogP contribution in [0.4, 0.5) is 5.69 Å². The molecule has 1 N–H and O–H groups in total. The van der Waals surface area contributed by atoms with Gasteiger partial charge in [0.25, 0.3) is 0 Å². The summed E-state index contributed by atoms with van der Waals surface area (Å²) in [7, 11) is 0. The number of rotatable bonds is 7. The zero-order chi connectivity index (χ0) is 17.8. The molecule has 1 aliphatic rings. The van der Waals surface area contributed by atoms with Crippen molar-refractivity contribution in [1.29, 1.82) is 0 Å². The maximum atomic E-state index is 12.6. The second-order valence-electron chi connectivity index (χ2n) is 6.12. The van der Waals surface area contributed by atoms with Crippen LogP contribution in [0.15, 0.2) is 61.6 Å². The summed E-state index contributed by atoms with van der Waals surface area (Å²) in [6.07, 6.45) is 4.01. The molecule has 1 amide bonds. The molecule has 0 unspecified atom stereocenters. The van der Waals surface area contributed by atoms with Crippen molar-refractivity contribution in [2.24, 2.45) is 0 Å². The topological polar surface area (TPSA) is 29.1 Å². The van der Waals surface area contributed by atoms with E-state index < -0.39 is 0 Å². The Bertz CT molecular complexity index is 822. The van der Waals surface area contributed by atoms with Crippen LogP contribution in [0.1, 0.15) is 24.0 Å². The number of anilines is 1. The third kappa shape index (κ3) is 4.74. The number of benzene rings is 1. The fourth-order valence-corrected chi connectivity index (χ4v) is 7.89. The maximum Gasteiger partial charge on any atom is 0.226 e. The molecule has 2 nitrogen and oxygen atoms in total. The molecule has 26 heavy (non-hydrogen) atoms. The second-order valence-corrected chi connectivity index (χ2v) is 11.3. The molecule has 3 aromatic rings. The average Bonchev–Trinajstić information content (AvgIpc) is 3.36. The first-order valence-corrected chi connectivity index (χ1v) is 12.1. The van der Waals surface area contributed by atoms with Crippen molar-refractivity contribution in [1.82, 2.24) is 0 Å². The molecule has 0 atom stereocenters.